The van der Waals surface area contributed by atoms with Gasteiger partial charge >= 0.3 is 0 Å². The van der Waals surface area contributed by atoms with Gasteiger partial charge in [-0.3, -0.25) is 4.79 Å². The molecule has 0 saturated carbocycles. The summed E-state index contributed by atoms with van der Waals surface area (Å²) >= 11 is 1.48. The van der Waals surface area contributed by atoms with E-state index in [1.165, 1.54) is 24.8 Å². The summed E-state index contributed by atoms with van der Waals surface area (Å²) in [6.07, 6.45) is 0. The number of halogens is 2. The van der Waals surface area contributed by atoms with Gasteiger partial charge in [-0.15, -0.1) is 11.8 Å². The van der Waals surface area contributed by atoms with Crippen LogP contribution in [0.1, 0.15) is 33.3 Å². The highest BCUT2D eigenvalue weighted by Crippen LogP contribution is 2.24. The summed E-state index contributed by atoms with van der Waals surface area (Å²) in [5.41, 5.74) is -1.65. The van der Waals surface area contributed by atoms with Crippen molar-refractivity contribution in [1.82, 2.24) is 5.32 Å². The normalized spacial score (nSPS) is 14.6. The Kier molecular flexibility index (Phi) is 5.75. The first-order valence-electron chi connectivity index (χ1n) is 6.60. The van der Waals surface area contributed by atoms with Gasteiger partial charge < -0.3 is 10.4 Å². The Bertz CT molecular complexity index is 513. The van der Waals surface area contributed by atoms with Crippen LogP contribution in [0.2, 0.25) is 0 Å². The predicted molar refractivity (Wildman–Crippen MR) is 81.1 cm³/mol. The summed E-state index contributed by atoms with van der Waals surface area (Å²) in [4.78, 5) is 11.7. The first-order valence-corrected chi connectivity index (χ1v) is 7.58. The Hall–Kier alpha value is -1.14. The molecule has 2 N–H and O–H groups in total. The third kappa shape index (κ3) is 6.01. The van der Waals surface area contributed by atoms with Crippen molar-refractivity contribution in [3.8, 4) is 0 Å². The highest BCUT2D eigenvalue weighted by atomic mass is 32.2. The molecule has 0 aromatic heterocycles. The second-order valence-electron chi connectivity index (χ2n) is 6.08. The molecule has 0 unspecified atom stereocenters. The molecule has 1 amide bonds. The smallest absolute Gasteiger partial charge is 0.230 e. The zero-order valence-corrected chi connectivity index (χ0v) is 13.5. The van der Waals surface area contributed by atoms with Gasteiger partial charge in [0.15, 0.2) is 0 Å². The second kappa shape index (κ2) is 6.75. The van der Waals surface area contributed by atoms with Crippen LogP contribution in [0, 0.1) is 11.6 Å². The Morgan fingerprint density at radius 1 is 1.29 bits per heavy atom. The first kappa shape index (κ1) is 17.9. The lowest BCUT2D eigenvalue weighted by atomic mass is 9.95. The van der Waals surface area contributed by atoms with Gasteiger partial charge in [0.2, 0.25) is 5.91 Å². The molecule has 1 aromatic carbocycles. The van der Waals surface area contributed by atoms with E-state index in [2.05, 4.69) is 5.32 Å². The average Bonchev–Trinajstić information content (AvgIpc) is 2.32. The van der Waals surface area contributed by atoms with E-state index in [-0.39, 0.29) is 28.5 Å². The molecule has 118 valence electrons. The van der Waals surface area contributed by atoms with Crippen LogP contribution in [0.25, 0.3) is 0 Å². The number of hydrogen-bond acceptors (Lipinski definition) is 3. The third-order valence-electron chi connectivity index (χ3n) is 2.78. The minimum Gasteiger partial charge on any atom is -0.383 e. The molecule has 0 radical (unpaired) electrons. The third-order valence-corrected chi connectivity index (χ3v) is 4.05. The summed E-state index contributed by atoms with van der Waals surface area (Å²) < 4.78 is 26.5. The topological polar surface area (TPSA) is 49.3 Å². The van der Waals surface area contributed by atoms with Gasteiger partial charge in [-0.05, 0) is 13.0 Å². The van der Waals surface area contributed by atoms with E-state index >= 15 is 0 Å². The highest BCUT2D eigenvalue weighted by molar-refractivity contribution is 8.01. The van der Waals surface area contributed by atoms with Crippen molar-refractivity contribution < 1.29 is 18.7 Å². The van der Waals surface area contributed by atoms with Crippen LogP contribution in [0.4, 0.5) is 8.78 Å². The number of nitrogens with one attached hydrogen (secondary N) is 1. The van der Waals surface area contributed by atoms with Crippen LogP contribution in [-0.4, -0.2) is 28.1 Å². The standard InChI is InChI=1S/C15H21F2NO2S/c1-14(2,3)21-8-13(19)18-9-15(4,20)11-6-5-10(16)7-12(11)17/h5-7,20H,8-9H2,1-4H3,(H,18,19)/t15-/m1/s1. The van der Waals surface area contributed by atoms with Crippen LogP contribution in [-0.2, 0) is 10.4 Å². The van der Waals surface area contributed by atoms with Gasteiger partial charge in [0, 0.05) is 16.4 Å². The van der Waals surface area contributed by atoms with Crippen molar-refractivity contribution in [2.45, 2.75) is 38.0 Å². The predicted octanol–water partition coefficient (Wildman–Crippen LogP) is 2.82. The Morgan fingerprint density at radius 3 is 2.43 bits per heavy atom. The van der Waals surface area contributed by atoms with Gasteiger partial charge in [-0.1, -0.05) is 26.8 Å². The van der Waals surface area contributed by atoms with Crippen molar-refractivity contribution in [1.29, 1.82) is 0 Å². The van der Waals surface area contributed by atoms with E-state index in [4.69, 9.17) is 0 Å². The first-order chi connectivity index (χ1) is 9.51. The minimum atomic E-state index is -1.60. The minimum absolute atomic E-state index is 0.0388. The zero-order chi connectivity index (χ0) is 16.3. The number of aliphatic hydroxyl groups is 1. The van der Waals surface area contributed by atoms with E-state index in [0.29, 0.717) is 6.07 Å². The Balaban J connectivity index is 2.62. The number of thioether (sulfide) groups is 1. The number of carbonyl (C=O) groups is 1. The molecule has 0 aliphatic heterocycles. The molecule has 1 aromatic rings. The van der Waals surface area contributed by atoms with E-state index in [9.17, 15) is 18.7 Å². The molecule has 0 saturated heterocycles. The van der Waals surface area contributed by atoms with Gasteiger partial charge in [0.1, 0.15) is 17.2 Å². The summed E-state index contributed by atoms with van der Waals surface area (Å²) in [5.74, 6) is -1.53. The van der Waals surface area contributed by atoms with Crippen molar-refractivity contribution in [2.24, 2.45) is 0 Å². The molecule has 1 atom stereocenters. The van der Waals surface area contributed by atoms with Crippen molar-refractivity contribution in [3.05, 3.63) is 35.4 Å². The van der Waals surface area contributed by atoms with E-state index < -0.39 is 17.2 Å². The molecular formula is C15H21F2NO2S. The largest absolute Gasteiger partial charge is 0.383 e. The molecule has 0 aliphatic carbocycles. The fourth-order valence-electron chi connectivity index (χ4n) is 1.63. The van der Waals surface area contributed by atoms with Crippen LogP contribution >= 0.6 is 11.8 Å². The van der Waals surface area contributed by atoms with Crippen molar-refractivity contribution in [3.63, 3.8) is 0 Å². The lowest BCUT2D eigenvalue weighted by Crippen LogP contribution is -2.40. The molecule has 6 heteroatoms. The van der Waals surface area contributed by atoms with Crippen LogP contribution in [0.3, 0.4) is 0 Å². The molecule has 0 heterocycles. The van der Waals surface area contributed by atoms with Gasteiger partial charge in [0.25, 0.3) is 0 Å². The molecule has 0 aliphatic rings. The number of amides is 1. The van der Waals surface area contributed by atoms with E-state index in [1.54, 1.807) is 0 Å². The maximum Gasteiger partial charge on any atom is 0.230 e. The Labute approximate surface area is 128 Å². The molecule has 1 rings (SSSR count). The van der Waals surface area contributed by atoms with Gasteiger partial charge in [0.05, 0.1) is 12.3 Å². The molecule has 0 spiro atoms. The highest BCUT2D eigenvalue weighted by Gasteiger charge is 2.27. The van der Waals surface area contributed by atoms with Crippen molar-refractivity contribution >= 4 is 17.7 Å². The maximum absolute atomic E-state index is 13.7. The van der Waals surface area contributed by atoms with E-state index in [0.717, 1.165) is 6.07 Å². The van der Waals surface area contributed by atoms with Crippen LogP contribution in [0.15, 0.2) is 18.2 Å². The molecule has 0 fully saturated rings. The summed E-state index contributed by atoms with van der Waals surface area (Å²) in [6, 6.07) is 2.96. The summed E-state index contributed by atoms with van der Waals surface area (Å²) in [7, 11) is 0. The second-order valence-corrected chi connectivity index (χ2v) is 7.88. The fourth-order valence-corrected chi connectivity index (χ4v) is 2.29. The summed E-state index contributed by atoms with van der Waals surface area (Å²) in [6.45, 7) is 7.22. The van der Waals surface area contributed by atoms with Gasteiger partial charge in [-0.25, -0.2) is 8.78 Å². The number of hydrogen-bond donors (Lipinski definition) is 2. The average molecular weight is 317 g/mol. The van der Waals surface area contributed by atoms with Gasteiger partial charge in [-0.2, -0.15) is 0 Å². The lowest BCUT2D eigenvalue weighted by molar-refractivity contribution is -0.119. The number of rotatable bonds is 5. The number of carbonyl (C=O) groups excluding carboxylic acids is 1. The Morgan fingerprint density at radius 2 is 1.90 bits per heavy atom. The maximum atomic E-state index is 13.7. The monoisotopic (exact) mass is 317 g/mol. The van der Waals surface area contributed by atoms with Crippen LogP contribution in [0.5, 0.6) is 0 Å². The SMILES string of the molecule is CC(C)(C)SCC(=O)NC[C@@](C)(O)c1ccc(F)cc1F. The molecular weight excluding hydrogens is 296 g/mol. The quantitative estimate of drug-likeness (QED) is 0.878. The van der Waals surface area contributed by atoms with E-state index in [1.807, 2.05) is 20.8 Å². The molecule has 21 heavy (non-hydrogen) atoms. The fraction of sp³-hybridized carbons (Fsp3) is 0.533. The molecule has 3 nitrogen and oxygen atoms in total. The molecule has 0 bridgehead atoms. The van der Waals surface area contributed by atoms with Crippen molar-refractivity contribution in [2.75, 3.05) is 12.3 Å². The summed E-state index contributed by atoms with van der Waals surface area (Å²) in [5, 5.41) is 12.8. The van der Waals surface area contributed by atoms with Crippen LogP contribution < -0.4 is 5.32 Å². The number of benzene rings is 1. The lowest BCUT2D eigenvalue weighted by Gasteiger charge is -2.25. The zero-order valence-electron chi connectivity index (χ0n) is 12.7.